The number of nitrogens with zero attached hydrogens (tertiary/aromatic N) is 4. The van der Waals surface area contributed by atoms with E-state index in [1.165, 1.54) is 0 Å². The summed E-state index contributed by atoms with van der Waals surface area (Å²) in [5.41, 5.74) is 0.845. The largest absolute Gasteiger partial charge is 0.356 e. The molecule has 140 valence electrons. The number of aromatic nitrogens is 2. The van der Waals surface area contributed by atoms with Crippen LogP contribution in [0.2, 0.25) is 0 Å². The molecule has 1 amide bonds. The van der Waals surface area contributed by atoms with Crippen LogP contribution in [0, 0.1) is 6.92 Å². The molecule has 0 unspecified atom stereocenters. The van der Waals surface area contributed by atoms with Crippen molar-refractivity contribution in [1.29, 1.82) is 0 Å². The molecule has 7 nitrogen and oxygen atoms in total. The highest BCUT2D eigenvalue weighted by Crippen LogP contribution is 2.30. The van der Waals surface area contributed by atoms with Crippen molar-refractivity contribution in [3.8, 4) is 0 Å². The third-order valence-corrected chi connectivity index (χ3v) is 6.63. The van der Waals surface area contributed by atoms with Gasteiger partial charge in [-0.05, 0) is 26.8 Å². The van der Waals surface area contributed by atoms with E-state index < -0.39 is 0 Å². The Morgan fingerprint density at radius 2 is 2.15 bits per heavy atom. The number of fused-ring (bicyclic) bond motifs is 1. The van der Waals surface area contributed by atoms with E-state index in [-0.39, 0.29) is 17.0 Å². The first-order valence-electron chi connectivity index (χ1n) is 9.14. The molecule has 26 heavy (non-hydrogen) atoms. The molecule has 2 aromatic rings. The Morgan fingerprint density at radius 3 is 3.00 bits per heavy atom. The van der Waals surface area contributed by atoms with E-state index in [0.29, 0.717) is 13.0 Å². The second-order valence-corrected chi connectivity index (χ2v) is 8.75. The molecule has 2 saturated heterocycles. The Kier molecular flexibility index (Phi) is 4.58. The Bertz CT molecular complexity index is 891. The maximum Gasteiger partial charge on any atom is 0.258 e. The van der Waals surface area contributed by atoms with E-state index in [1.54, 1.807) is 21.8 Å². The van der Waals surface area contributed by atoms with Gasteiger partial charge in [-0.1, -0.05) is 0 Å². The molecule has 2 aliphatic heterocycles. The third-order valence-electron chi connectivity index (χ3n) is 5.73. The lowest BCUT2D eigenvalue weighted by atomic mass is 9.86. The molecule has 0 aliphatic carbocycles. The van der Waals surface area contributed by atoms with Gasteiger partial charge in [0.15, 0.2) is 4.96 Å². The number of carbonyl (C=O) groups is 1. The van der Waals surface area contributed by atoms with Gasteiger partial charge in [-0.2, -0.15) is 0 Å². The van der Waals surface area contributed by atoms with Crippen molar-refractivity contribution in [1.82, 2.24) is 24.5 Å². The van der Waals surface area contributed by atoms with Crippen molar-refractivity contribution in [2.75, 3.05) is 33.2 Å². The maximum absolute atomic E-state index is 12.3. The first kappa shape index (κ1) is 17.6. The monoisotopic (exact) mass is 375 g/mol. The van der Waals surface area contributed by atoms with Crippen LogP contribution in [0.15, 0.2) is 17.1 Å². The summed E-state index contributed by atoms with van der Waals surface area (Å²) >= 11 is 1.55. The van der Waals surface area contributed by atoms with Gasteiger partial charge in [0.05, 0.1) is 5.69 Å². The number of amides is 1. The molecule has 2 fully saturated rings. The van der Waals surface area contributed by atoms with Gasteiger partial charge in [0, 0.05) is 61.8 Å². The quantitative estimate of drug-likeness (QED) is 0.843. The van der Waals surface area contributed by atoms with Crippen LogP contribution < -0.4 is 10.9 Å². The van der Waals surface area contributed by atoms with Crippen LogP contribution in [-0.2, 0) is 11.3 Å². The van der Waals surface area contributed by atoms with Crippen LogP contribution in [0.1, 0.15) is 29.8 Å². The topological polar surface area (TPSA) is 70.0 Å². The van der Waals surface area contributed by atoms with Crippen LogP contribution in [0.4, 0.5) is 0 Å². The highest BCUT2D eigenvalue weighted by molar-refractivity contribution is 7.16. The van der Waals surface area contributed by atoms with E-state index in [1.807, 2.05) is 13.1 Å². The van der Waals surface area contributed by atoms with E-state index >= 15 is 0 Å². The Hall–Kier alpha value is -1.77. The lowest BCUT2D eigenvalue weighted by molar-refractivity contribution is -0.121. The van der Waals surface area contributed by atoms with Crippen molar-refractivity contribution in [2.24, 2.45) is 0 Å². The van der Waals surface area contributed by atoms with Gasteiger partial charge < -0.3 is 5.32 Å². The normalized spacial score (nSPS) is 25.5. The lowest BCUT2D eigenvalue weighted by Crippen LogP contribution is -2.60. The van der Waals surface area contributed by atoms with E-state index in [9.17, 15) is 9.59 Å². The zero-order chi connectivity index (χ0) is 18.3. The molecular weight excluding hydrogens is 350 g/mol. The smallest absolute Gasteiger partial charge is 0.258 e. The first-order valence-corrected chi connectivity index (χ1v) is 9.96. The molecule has 0 bridgehead atoms. The summed E-state index contributed by atoms with van der Waals surface area (Å²) < 4.78 is 1.62. The number of rotatable bonds is 2. The highest BCUT2D eigenvalue weighted by Gasteiger charge is 2.40. The summed E-state index contributed by atoms with van der Waals surface area (Å²) in [6, 6.07) is 1.66. The Balaban J connectivity index is 1.55. The predicted octanol–water partition coefficient (Wildman–Crippen LogP) is 0.851. The van der Waals surface area contributed by atoms with Gasteiger partial charge in [-0.25, -0.2) is 4.98 Å². The van der Waals surface area contributed by atoms with Crippen LogP contribution in [0.3, 0.4) is 0 Å². The number of thiazole rings is 1. The summed E-state index contributed by atoms with van der Waals surface area (Å²) in [7, 11) is 2.16. The fourth-order valence-corrected chi connectivity index (χ4v) is 5.03. The Labute approximate surface area is 156 Å². The lowest BCUT2D eigenvalue weighted by Gasteiger charge is -2.49. The number of likely N-dealkylation sites (N-methyl/N-ethyl adjacent to an activating group) is 1. The molecule has 0 aromatic carbocycles. The van der Waals surface area contributed by atoms with Crippen LogP contribution in [0.25, 0.3) is 4.96 Å². The molecule has 1 atom stereocenters. The molecule has 2 aliphatic rings. The van der Waals surface area contributed by atoms with E-state index in [2.05, 4.69) is 22.2 Å². The van der Waals surface area contributed by atoms with Crippen molar-refractivity contribution < 1.29 is 4.79 Å². The molecule has 0 saturated carbocycles. The van der Waals surface area contributed by atoms with Crippen molar-refractivity contribution >= 4 is 22.2 Å². The third kappa shape index (κ3) is 3.28. The number of nitrogens with one attached hydrogen (secondary N) is 1. The molecule has 0 radical (unpaired) electrons. The van der Waals surface area contributed by atoms with Gasteiger partial charge >= 0.3 is 0 Å². The molecule has 4 rings (SSSR count). The minimum atomic E-state index is -0.0116. The summed E-state index contributed by atoms with van der Waals surface area (Å²) in [5, 5.41) is 2.99. The fraction of sp³-hybridized carbons (Fsp3) is 0.611. The Morgan fingerprint density at radius 1 is 1.31 bits per heavy atom. The standard InChI is InChI=1S/C18H25N5O2S/c1-13-10-23-16(25)9-14(20-17(23)26-13)11-22-8-7-21(2)18(12-22)4-3-15(24)19-6-5-18/h9-10H,3-8,11-12H2,1-2H3,(H,19,24)/t18-/m1/s1. The zero-order valence-electron chi connectivity index (χ0n) is 15.3. The van der Waals surface area contributed by atoms with Gasteiger partial charge in [-0.3, -0.25) is 23.8 Å². The minimum absolute atomic E-state index is 0.0116. The highest BCUT2D eigenvalue weighted by atomic mass is 32.1. The second-order valence-electron chi connectivity index (χ2n) is 7.54. The van der Waals surface area contributed by atoms with Crippen molar-refractivity contribution in [3.63, 3.8) is 0 Å². The van der Waals surface area contributed by atoms with Crippen LogP contribution in [-0.4, -0.2) is 63.9 Å². The summed E-state index contributed by atoms with van der Waals surface area (Å²) in [5.74, 6) is 0.153. The molecule has 1 N–H and O–H groups in total. The maximum atomic E-state index is 12.3. The molecular formula is C18H25N5O2S. The van der Waals surface area contributed by atoms with Crippen LogP contribution in [0.5, 0.6) is 0 Å². The number of hydrogen-bond acceptors (Lipinski definition) is 6. The van der Waals surface area contributed by atoms with E-state index in [0.717, 1.165) is 54.6 Å². The van der Waals surface area contributed by atoms with Crippen LogP contribution >= 0.6 is 11.3 Å². The number of hydrogen-bond donors (Lipinski definition) is 1. The summed E-state index contributed by atoms with van der Waals surface area (Å²) in [6.07, 6.45) is 4.27. The predicted molar refractivity (Wildman–Crippen MR) is 102 cm³/mol. The number of aryl methyl sites for hydroxylation is 1. The van der Waals surface area contributed by atoms with Gasteiger partial charge in [-0.15, -0.1) is 11.3 Å². The van der Waals surface area contributed by atoms with Gasteiger partial charge in [0.25, 0.3) is 5.56 Å². The van der Waals surface area contributed by atoms with Gasteiger partial charge in [0.2, 0.25) is 5.91 Å². The first-order chi connectivity index (χ1) is 12.4. The SMILES string of the molecule is Cc1cn2c(=O)cc(CN3CCN(C)[C@]4(CCNC(=O)CC4)C3)nc2s1. The fourth-order valence-electron chi connectivity index (χ4n) is 4.18. The second kappa shape index (κ2) is 6.75. The molecule has 2 aromatic heterocycles. The van der Waals surface area contributed by atoms with Crippen molar-refractivity contribution in [2.45, 2.75) is 38.3 Å². The average Bonchev–Trinajstić information content (AvgIpc) is 2.87. The van der Waals surface area contributed by atoms with E-state index in [4.69, 9.17) is 4.98 Å². The number of piperazine rings is 1. The number of carbonyl (C=O) groups excluding carboxylic acids is 1. The summed E-state index contributed by atoms with van der Waals surface area (Å²) in [4.78, 5) is 35.4. The summed E-state index contributed by atoms with van der Waals surface area (Å²) in [6.45, 7) is 6.22. The van der Waals surface area contributed by atoms with Gasteiger partial charge in [0.1, 0.15) is 0 Å². The molecule has 8 heteroatoms. The van der Waals surface area contributed by atoms with Crippen molar-refractivity contribution in [3.05, 3.63) is 33.2 Å². The molecule has 4 heterocycles. The minimum Gasteiger partial charge on any atom is -0.356 e. The average molecular weight is 375 g/mol. The molecule has 1 spiro atoms. The zero-order valence-corrected chi connectivity index (χ0v) is 16.1.